The minimum atomic E-state index is -0.145. The van der Waals surface area contributed by atoms with Gasteiger partial charge in [0.05, 0.1) is 23.4 Å². The minimum Gasteiger partial charge on any atom is -0.378 e. The highest BCUT2D eigenvalue weighted by molar-refractivity contribution is 7.22. The maximum Gasteiger partial charge on any atom is 0.224 e. The lowest BCUT2D eigenvalue weighted by atomic mass is 9.89. The molecule has 0 bridgehead atoms. The third kappa shape index (κ3) is 4.69. The zero-order chi connectivity index (χ0) is 21.9. The van der Waals surface area contributed by atoms with E-state index in [1.807, 2.05) is 30.3 Å². The number of rotatable bonds is 6. The number of anilines is 2. The number of carbonyl (C=O) groups is 2. The molecule has 1 aromatic heterocycles. The Balaban J connectivity index is 1.19. The van der Waals surface area contributed by atoms with E-state index in [0.717, 1.165) is 65.7 Å². The summed E-state index contributed by atoms with van der Waals surface area (Å²) in [7, 11) is 0. The smallest absolute Gasteiger partial charge is 0.224 e. The van der Waals surface area contributed by atoms with E-state index < -0.39 is 0 Å². The summed E-state index contributed by atoms with van der Waals surface area (Å²) >= 11 is 1.63. The zero-order valence-corrected chi connectivity index (χ0v) is 18.9. The standard InChI is InChI=1S/C25H27N3O3S/c29-22(19-6-5-17-3-1-2-4-18(17)15-19)9-10-24(30)26-20-7-8-21-23(16-20)32-25(27-21)28-11-13-31-14-12-28/h5-8,15-16H,1-4,9-14H2,(H,26,30). The van der Waals surface area contributed by atoms with Crippen molar-refractivity contribution in [2.24, 2.45) is 0 Å². The molecule has 1 fully saturated rings. The van der Waals surface area contributed by atoms with E-state index in [1.54, 1.807) is 11.3 Å². The van der Waals surface area contributed by atoms with Crippen molar-refractivity contribution in [1.29, 1.82) is 0 Å². The second-order valence-corrected chi connectivity index (χ2v) is 9.45. The molecule has 1 aliphatic carbocycles. The highest BCUT2D eigenvalue weighted by Gasteiger charge is 2.17. The molecular weight excluding hydrogens is 422 g/mol. The van der Waals surface area contributed by atoms with E-state index in [-0.39, 0.29) is 24.5 Å². The maximum absolute atomic E-state index is 12.6. The van der Waals surface area contributed by atoms with Crippen LogP contribution in [0.3, 0.4) is 0 Å². The number of amides is 1. The van der Waals surface area contributed by atoms with E-state index in [9.17, 15) is 9.59 Å². The largest absolute Gasteiger partial charge is 0.378 e. The van der Waals surface area contributed by atoms with Gasteiger partial charge < -0.3 is 15.0 Å². The third-order valence-corrected chi connectivity index (χ3v) is 7.27. The van der Waals surface area contributed by atoms with Crippen LogP contribution in [0.4, 0.5) is 10.8 Å². The number of ether oxygens (including phenoxy) is 1. The molecule has 1 N–H and O–H groups in total. The van der Waals surface area contributed by atoms with Gasteiger partial charge in [0.1, 0.15) is 0 Å². The number of aryl methyl sites for hydroxylation is 2. The highest BCUT2D eigenvalue weighted by atomic mass is 32.1. The first-order chi connectivity index (χ1) is 15.7. The van der Waals surface area contributed by atoms with E-state index in [0.29, 0.717) is 0 Å². The molecule has 0 spiro atoms. The van der Waals surface area contributed by atoms with Crippen molar-refractivity contribution in [3.63, 3.8) is 0 Å². The van der Waals surface area contributed by atoms with Gasteiger partial charge in [0, 0.05) is 37.2 Å². The van der Waals surface area contributed by atoms with Gasteiger partial charge in [-0.15, -0.1) is 0 Å². The lowest BCUT2D eigenvalue weighted by Crippen LogP contribution is -2.36. The van der Waals surface area contributed by atoms with Gasteiger partial charge in [-0.1, -0.05) is 23.5 Å². The number of ketones is 1. The molecule has 5 rings (SSSR count). The van der Waals surface area contributed by atoms with E-state index in [4.69, 9.17) is 9.72 Å². The van der Waals surface area contributed by atoms with Crippen molar-refractivity contribution >= 4 is 44.1 Å². The number of benzene rings is 2. The highest BCUT2D eigenvalue weighted by Crippen LogP contribution is 2.31. The topological polar surface area (TPSA) is 71.5 Å². The molecule has 0 saturated carbocycles. The van der Waals surface area contributed by atoms with Gasteiger partial charge in [0.15, 0.2) is 10.9 Å². The molecule has 2 aromatic carbocycles. The summed E-state index contributed by atoms with van der Waals surface area (Å²) in [5, 5.41) is 3.92. The molecule has 0 unspecified atom stereocenters. The van der Waals surface area contributed by atoms with Crippen LogP contribution in [0, 0.1) is 0 Å². The fraction of sp³-hybridized carbons (Fsp3) is 0.400. The number of morpholine rings is 1. The van der Waals surface area contributed by atoms with Crippen molar-refractivity contribution in [2.75, 3.05) is 36.5 Å². The molecule has 1 amide bonds. The SMILES string of the molecule is O=C(CCC(=O)c1ccc2c(c1)CCCC2)Nc1ccc2nc(N3CCOCC3)sc2c1. The van der Waals surface area contributed by atoms with Crippen molar-refractivity contribution in [2.45, 2.75) is 38.5 Å². The molecule has 1 saturated heterocycles. The third-order valence-electron chi connectivity index (χ3n) is 6.19. The summed E-state index contributed by atoms with van der Waals surface area (Å²) in [6, 6.07) is 11.8. The average molecular weight is 450 g/mol. The Morgan fingerprint density at radius 3 is 2.66 bits per heavy atom. The lowest BCUT2D eigenvalue weighted by molar-refractivity contribution is -0.116. The van der Waals surface area contributed by atoms with Crippen molar-refractivity contribution in [1.82, 2.24) is 4.98 Å². The summed E-state index contributed by atoms with van der Waals surface area (Å²) in [6.45, 7) is 3.14. The van der Waals surface area contributed by atoms with Crippen LogP contribution in [-0.4, -0.2) is 43.0 Å². The van der Waals surface area contributed by atoms with Gasteiger partial charge >= 0.3 is 0 Å². The van der Waals surface area contributed by atoms with Crippen molar-refractivity contribution in [3.05, 3.63) is 53.1 Å². The molecule has 2 heterocycles. The van der Waals surface area contributed by atoms with Gasteiger partial charge in [-0.2, -0.15) is 0 Å². The Labute approximate surface area is 191 Å². The lowest BCUT2D eigenvalue weighted by Gasteiger charge is -2.25. The summed E-state index contributed by atoms with van der Waals surface area (Å²) in [5.41, 5.74) is 5.04. The predicted molar refractivity (Wildman–Crippen MR) is 128 cm³/mol. The summed E-state index contributed by atoms with van der Waals surface area (Å²) in [6.07, 6.45) is 4.95. The van der Waals surface area contributed by atoms with E-state index in [1.165, 1.54) is 24.0 Å². The summed E-state index contributed by atoms with van der Waals surface area (Å²) in [5.74, 6) is -0.116. The number of Topliss-reactive ketones (excluding diaryl/α,β-unsaturated/α-hetero) is 1. The molecular formula is C25H27N3O3S. The van der Waals surface area contributed by atoms with E-state index >= 15 is 0 Å². The first-order valence-electron chi connectivity index (χ1n) is 11.3. The van der Waals surface area contributed by atoms with E-state index in [2.05, 4.69) is 16.3 Å². The molecule has 0 atom stereocenters. The van der Waals surface area contributed by atoms with Gasteiger partial charge in [0.2, 0.25) is 5.91 Å². The Kier molecular flexibility index (Phi) is 6.19. The van der Waals surface area contributed by atoms with Gasteiger partial charge in [0.25, 0.3) is 0 Å². The van der Waals surface area contributed by atoms with Crippen molar-refractivity contribution < 1.29 is 14.3 Å². The number of fused-ring (bicyclic) bond motifs is 2. The number of nitrogens with zero attached hydrogens (tertiary/aromatic N) is 2. The summed E-state index contributed by atoms with van der Waals surface area (Å²) in [4.78, 5) is 32.0. The Morgan fingerprint density at radius 2 is 1.81 bits per heavy atom. The van der Waals surface area contributed by atoms with Gasteiger partial charge in [-0.3, -0.25) is 9.59 Å². The number of hydrogen-bond acceptors (Lipinski definition) is 6. The van der Waals surface area contributed by atoms with Crippen LogP contribution >= 0.6 is 11.3 Å². The van der Waals surface area contributed by atoms with Crippen LogP contribution in [0.5, 0.6) is 0 Å². The molecule has 7 heteroatoms. The van der Waals surface area contributed by atoms with Crippen LogP contribution < -0.4 is 10.2 Å². The summed E-state index contributed by atoms with van der Waals surface area (Å²) < 4.78 is 6.45. The van der Waals surface area contributed by atoms with Gasteiger partial charge in [-0.05, 0) is 61.1 Å². The number of nitrogens with one attached hydrogen (secondary N) is 1. The second-order valence-electron chi connectivity index (χ2n) is 8.44. The monoisotopic (exact) mass is 449 g/mol. The predicted octanol–water partition coefficient (Wildman–Crippen LogP) is 4.61. The quantitative estimate of drug-likeness (QED) is 0.557. The Bertz CT molecular complexity index is 1150. The van der Waals surface area contributed by atoms with Crippen LogP contribution in [-0.2, 0) is 22.4 Å². The fourth-order valence-electron chi connectivity index (χ4n) is 4.38. The van der Waals surface area contributed by atoms with Gasteiger partial charge in [-0.25, -0.2) is 4.98 Å². The number of carbonyl (C=O) groups excluding carboxylic acids is 2. The Hall–Kier alpha value is -2.77. The van der Waals surface area contributed by atoms with Crippen LogP contribution in [0.2, 0.25) is 0 Å². The maximum atomic E-state index is 12.6. The molecule has 0 radical (unpaired) electrons. The molecule has 3 aromatic rings. The number of aromatic nitrogens is 1. The first kappa shape index (κ1) is 21.1. The number of thiazole rings is 1. The normalized spacial score (nSPS) is 16.1. The molecule has 2 aliphatic rings. The molecule has 1 aliphatic heterocycles. The first-order valence-corrected chi connectivity index (χ1v) is 12.2. The fourth-order valence-corrected chi connectivity index (χ4v) is 5.44. The molecule has 32 heavy (non-hydrogen) atoms. The minimum absolute atomic E-state index is 0.0292. The van der Waals surface area contributed by atoms with Crippen LogP contribution in [0.25, 0.3) is 10.2 Å². The average Bonchev–Trinajstić information content (AvgIpc) is 3.26. The zero-order valence-electron chi connectivity index (χ0n) is 18.1. The van der Waals surface area contributed by atoms with Crippen LogP contribution in [0.15, 0.2) is 36.4 Å². The number of hydrogen-bond donors (Lipinski definition) is 1. The molecule has 166 valence electrons. The van der Waals surface area contributed by atoms with Crippen molar-refractivity contribution in [3.8, 4) is 0 Å². The molecule has 6 nitrogen and oxygen atoms in total. The Morgan fingerprint density at radius 1 is 1.00 bits per heavy atom. The van der Waals surface area contributed by atoms with Crippen LogP contribution in [0.1, 0.15) is 47.2 Å². The second kappa shape index (κ2) is 9.38.